The summed E-state index contributed by atoms with van der Waals surface area (Å²) in [4.78, 5) is 7.08. The van der Waals surface area contributed by atoms with E-state index < -0.39 is 0 Å². The number of aryl methyl sites for hydroxylation is 2. The number of fused-ring (bicyclic) bond motifs is 1. The van der Waals surface area contributed by atoms with Crippen molar-refractivity contribution in [3.05, 3.63) is 45.8 Å². The minimum Gasteiger partial charge on any atom is -0.348 e. The van der Waals surface area contributed by atoms with Gasteiger partial charge in [0, 0.05) is 16.0 Å². The number of rotatable bonds is 3. The summed E-state index contributed by atoms with van der Waals surface area (Å²) < 4.78 is 1.77. The summed E-state index contributed by atoms with van der Waals surface area (Å²) in [7, 11) is 0. The minimum atomic E-state index is 0.671. The minimum absolute atomic E-state index is 0.671. The molecular formula is C13H14N4S. The molecule has 18 heavy (non-hydrogen) atoms. The van der Waals surface area contributed by atoms with Crippen LogP contribution in [0.4, 0.5) is 5.95 Å². The molecule has 3 rings (SSSR count). The fourth-order valence-corrected chi connectivity index (χ4v) is 2.80. The van der Waals surface area contributed by atoms with Gasteiger partial charge in [-0.2, -0.15) is 4.98 Å². The standard InChI is InChI=1S/C13H14N4S/c1-9-7-11(18-10(9)2)8-14-13-15-12-5-3-4-6-17(12)16-13/h3-7H,8H2,1-2H3,(H,14,16). The maximum absolute atomic E-state index is 4.40. The monoisotopic (exact) mass is 258 g/mol. The first-order valence-electron chi connectivity index (χ1n) is 5.83. The largest absolute Gasteiger partial charge is 0.348 e. The lowest BCUT2D eigenvalue weighted by Gasteiger charge is -1.97. The molecule has 3 heterocycles. The molecule has 0 aliphatic heterocycles. The van der Waals surface area contributed by atoms with Gasteiger partial charge in [0.05, 0.1) is 6.54 Å². The van der Waals surface area contributed by atoms with Crippen LogP contribution in [0, 0.1) is 13.8 Å². The average Bonchev–Trinajstić information content (AvgIpc) is 2.91. The zero-order chi connectivity index (χ0) is 12.5. The van der Waals surface area contributed by atoms with Crippen LogP contribution in [0.15, 0.2) is 30.5 Å². The molecule has 0 radical (unpaired) electrons. The fraction of sp³-hybridized carbons (Fsp3) is 0.231. The van der Waals surface area contributed by atoms with E-state index in [1.807, 2.05) is 35.7 Å². The quantitative estimate of drug-likeness (QED) is 0.785. The Kier molecular flexibility index (Phi) is 2.76. The van der Waals surface area contributed by atoms with E-state index in [-0.39, 0.29) is 0 Å². The van der Waals surface area contributed by atoms with Crippen LogP contribution in [0.3, 0.4) is 0 Å². The normalized spacial score (nSPS) is 11.0. The molecular weight excluding hydrogens is 244 g/mol. The Morgan fingerprint density at radius 2 is 2.22 bits per heavy atom. The van der Waals surface area contributed by atoms with Crippen LogP contribution in [-0.4, -0.2) is 14.6 Å². The molecule has 1 N–H and O–H groups in total. The van der Waals surface area contributed by atoms with Gasteiger partial charge in [-0.05, 0) is 37.6 Å². The van der Waals surface area contributed by atoms with Crippen molar-refractivity contribution in [3.63, 3.8) is 0 Å². The van der Waals surface area contributed by atoms with Gasteiger partial charge in [0.2, 0.25) is 5.95 Å². The highest BCUT2D eigenvalue weighted by Gasteiger charge is 2.04. The summed E-state index contributed by atoms with van der Waals surface area (Å²) in [5.74, 6) is 0.671. The van der Waals surface area contributed by atoms with Crippen LogP contribution in [0.5, 0.6) is 0 Å². The van der Waals surface area contributed by atoms with Crippen LogP contribution in [-0.2, 0) is 6.54 Å². The van der Waals surface area contributed by atoms with Crippen molar-refractivity contribution in [2.45, 2.75) is 20.4 Å². The summed E-state index contributed by atoms with van der Waals surface area (Å²) in [6.45, 7) is 5.06. The van der Waals surface area contributed by atoms with Gasteiger partial charge in [-0.15, -0.1) is 16.4 Å². The third-order valence-corrected chi connectivity index (χ3v) is 4.03. The zero-order valence-electron chi connectivity index (χ0n) is 10.3. The van der Waals surface area contributed by atoms with Crippen molar-refractivity contribution >= 4 is 22.9 Å². The number of anilines is 1. The van der Waals surface area contributed by atoms with Gasteiger partial charge in [-0.3, -0.25) is 0 Å². The molecule has 92 valence electrons. The van der Waals surface area contributed by atoms with E-state index in [0.29, 0.717) is 5.95 Å². The Hall–Kier alpha value is -1.88. The number of hydrogen-bond acceptors (Lipinski definition) is 4. The van der Waals surface area contributed by atoms with Crippen LogP contribution in [0.25, 0.3) is 5.65 Å². The molecule has 0 aromatic carbocycles. The first-order valence-corrected chi connectivity index (χ1v) is 6.65. The molecule has 0 fully saturated rings. The van der Waals surface area contributed by atoms with E-state index in [4.69, 9.17) is 0 Å². The maximum Gasteiger partial charge on any atom is 0.243 e. The van der Waals surface area contributed by atoms with Gasteiger partial charge in [-0.1, -0.05) is 6.07 Å². The van der Waals surface area contributed by atoms with Gasteiger partial charge >= 0.3 is 0 Å². The lowest BCUT2D eigenvalue weighted by molar-refractivity contribution is 0.952. The molecule has 0 aliphatic rings. The van der Waals surface area contributed by atoms with Crippen LogP contribution in [0.1, 0.15) is 15.3 Å². The summed E-state index contributed by atoms with van der Waals surface area (Å²) in [5, 5.41) is 7.61. The number of pyridine rings is 1. The first kappa shape index (κ1) is 11.2. The predicted molar refractivity (Wildman–Crippen MR) is 74.1 cm³/mol. The average molecular weight is 258 g/mol. The molecule has 0 bridgehead atoms. The Labute approximate surface area is 109 Å². The second-order valence-corrected chi connectivity index (χ2v) is 5.59. The van der Waals surface area contributed by atoms with E-state index in [1.165, 1.54) is 15.3 Å². The predicted octanol–water partition coefficient (Wildman–Crippen LogP) is 3.02. The molecule has 3 aromatic heterocycles. The highest BCUT2D eigenvalue weighted by atomic mass is 32.1. The maximum atomic E-state index is 4.40. The van der Waals surface area contributed by atoms with Gasteiger partial charge in [0.15, 0.2) is 5.65 Å². The van der Waals surface area contributed by atoms with E-state index in [9.17, 15) is 0 Å². The molecule has 0 atom stereocenters. The smallest absolute Gasteiger partial charge is 0.243 e. The molecule has 0 unspecified atom stereocenters. The summed E-state index contributed by atoms with van der Waals surface area (Å²) in [6.07, 6.45) is 1.90. The molecule has 0 saturated carbocycles. The highest BCUT2D eigenvalue weighted by molar-refractivity contribution is 7.12. The third kappa shape index (κ3) is 2.09. The van der Waals surface area contributed by atoms with E-state index in [0.717, 1.165) is 12.2 Å². The summed E-state index contributed by atoms with van der Waals surface area (Å²) >= 11 is 1.82. The molecule has 4 nitrogen and oxygen atoms in total. The van der Waals surface area contributed by atoms with E-state index in [2.05, 4.69) is 35.3 Å². The molecule has 5 heteroatoms. The zero-order valence-corrected chi connectivity index (χ0v) is 11.2. The van der Waals surface area contributed by atoms with Crippen molar-refractivity contribution in [1.82, 2.24) is 14.6 Å². The molecule has 0 amide bonds. The highest BCUT2D eigenvalue weighted by Crippen LogP contribution is 2.21. The number of thiophene rings is 1. The first-order chi connectivity index (χ1) is 8.72. The Bertz CT molecular complexity index is 631. The molecule has 0 spiro atoms. The van der Waals surface area contributed by atoms with Gasteiger partial charge in [0.25, 0.3) is 0 Å². The SMILES string of the molecule is Cc1cc(CNc2nc3ccccn3n2)sc1C. The van der Waals surface area contributed by atoms with Gasteiger partial charge in [-0.25, -0.2) is 4.52 Å². The Morgan fingerprint density at radius 1 is 1.33 bits per heavy atom. The lowest BCUT2D eigenvalue weighted by Crippen LogP contribution is -1.99. The van der Waals surface area contributed by atoms with E-state index >= 15 is 0 Å². The number of nitrogens with zero attached hydrogens (tertiary/aromatic N) is 3. The van der Waals surface area contributed by atoms with Gasteiger partial charge < -0.3 is 5.32 Å². The molecule has 0 aliphatic carbocycles. The third-order valence-electron chi connectivity index (χ3n) is 2.88. The summed E-state index contributed by atoms with van der Waals surface area (Å²) in [5.41, 5.74) is 2.21. The number of hydrogen-bond donors (Lipinski definition) is 1. The molecule has 0 saturated heterocycles. The van der Waals surface area contributed by atoms with Crippen molar-refractivity contribution in [2.75, 3.05) is 5.32 Å². The van der Waals surface area contributed by atoms with Crippen LogP contribution in [0.2, 0.25) is 0 Å². The summed E-state index contributed by atoms with van der Waals surface area (Å²) in [6, 6.07) is 8.05. The Balaban J connectivity index is 1.76. The fourth-order valence-electron chi connectivity index (χ4n) is 1.81. The van der Waals surface area contributed by atoms with Gasteiger partial charge in [0.1, 0.15) is 0 Å². The van der Waals surface area contributed by atoms with Crippen molar-refractivity contribution in [1.29, 1.82) is 0 Å². The Morgan fingerprint density at radius 3 is 2.94 bits per heavy atom. The number of nitrogens with one attached hydrogen (secondary N) is 1. The lowest BCUT2D eigenvalue weighted by atomic mass is 10.3. The van der Waals surface area contributed by atoms with Crippen molar-refractivity contribution in [2.24, 2.45) is 0 Å². The van der Waals surface area contributed by atoms with Crippen LogP contribution < -0.4 is 5.32 Å². The van der Waals surface area contributed by atoms with Crippen molar-refractivity contribution < 1.29 is 0 Å². The van der Waals surface area contributed by atoms with Crippen LogP contribution >= 0.6 is 11.3 Å². The number of aromatic nitrogens is 3. The van der Waals surface area contributed by atoms with Crippen molar-refractivity contribution in [3.8, 4) is 0 Å². The second-order valence-electron chi connectivity index (χ2n) is 4.24. The second kappa shape index (κ2) is 4.42. The molecule has 3 aromatic rings. The van der Waals surface area contributed by atoms with E-state index in [1.54, 1.807) is 4.52 Å². The topological polar surface area (TPSA) is 42.2 Å².